The van der Waals surface area contributed by atoms with Gasteiger partial charge < -0.3 is 19.7 Å². The van der Waals surface area contributed by atoms with Gasteiger partial charge in [-0.25, -0.2) is 4.39 Å². The molecule has 0 radical (unpaired) electrons. The van der Waals surface area contributed by atoms with Crippen LogP contribution in [-0.2, 0) is 16.1 Å². The van der Waals surface area contributed by atoms with Crippen LogP contribution in [0.15, 0.2) is 65.6 Å². The molecule has 176 valence electrons. The molecule has 1 aromatic rings. The van der Waals surface area contributed by atoms with Crippen molar-refractivity contribution in [2.24, 2.45) is 5.92 Å². The summed E-state index contributed by atoms with van der Waals surface area (Å²) in [6.45, 7) is 2.53. The number of hydrogen-bond donors (Lipinski definition) is 1. The molecule has 2 amide bonds. The number of fused-ring (bicyclic) bond motifs is 1. The Labute approximate surface area is 198 Å². The van der Waals surface area contributed by atoms with Crippen molar-refractivity contribution in [3.05, 3.63) is 71.1 Å². The Morgan fingerprint density at radius 3 is 2.85 bits per heavy atom. The zero-order chi connectivity index (χ0) is 24.1. The van der Waals surface area contributed by atoms with Crippen LogP contribution in [0, 0.1) is 18.3 Å². The minimum Gasteiger partial charge on any atom is -0.454 e. The highest BCUT2D eigenvalue weighted by molar-refractivity contribution is 5.98. The molecular formula is C27H27FN2O4. The average molecular weight is 463 g/mol. The maximum atomic E-state index is 14.9. The van der Waals surface area contributed by atoms with Crippen molar-refractivity contribution in [1.29, 1.82) is 0 Å². The molecule has 4 rings (SSSR count). The van der Waals surface area contributed by atoms with Crippen molar-refractivity contribution >= 4 is 11.8 Å². The Morgan fingerprint density at radius 2 is 2.12 bits per heavy atom. The molecule has 6 nitrogen and oxygen atoms in total. The van der Waals surface area contributed by atoms with E-state index >= 15 is 0 Å². The molecule has 0 fully saturated rings. The number of ether oxygens (including phenoxy) is 2. The summed E-state index contributed by atoms with van der Waals surface area (Å²) >= 11 is 0. The van der Waals surface area contributed by atoms with Gasteiger partial charge in [0.1, 0.15) is 11.9 Å². The zero-order valence-electron chi connectivity index (χ0n) is 19.1. The molecule has 0 aromatic heterocycles. The second kappa shape index (κ2) is 10.4. The summed E-state index contributed by atoms with van der Waals surface area (Å²) in [4.78, 5) is 27.5. The van der Waals surface area contributed by atoms with E-state index in [1.165, 1.54) is 11.0 Å². The fourth-order valence-electron chi connectivity index (χ4n) is 4.20. The lowest BCUT2D eigenvalue weighted by atomic mass is 9.94. The first kappa shape index (κ1) is 23.4. The molecule has 0 bridgehead atoms. The van der Waals surface area contributed by atoms with Gasteiger partial charge >= 0.3 is 0 Å². The van der Waals surface area contributed by atoms with Crippen molar-refractivity contribution in [2.45, 2.75) is 38.8 Å². The van der Waals surface area contributed by atoms with Crippen LogP contribution in [-0.4, -0.2) is 36.1 Å². The van der Waals surface area contributed by atoms with Crippen LogP contribution in [0.3, 0.4) is 0 Å². The number of amides is 2. The first-order chi connectivity index (χ1) is 16.5. The fraction of sp³-hybridized carbons (Fsp3) is 0.333. The summed E-state index contributed by atoms with van der Waals surface area (Å²) in [6.07, 6.45) is 16.4. The first-order valence-electron chi connectivity index (χ1n) is 11.3. The lowest BCUT2D eigenvalue weighted by molar-refractivity contribution is -0.135. The van der Waals surface area contributed by atoms with Crippen LogP contribution in [0.4, 0.5) is 4.39 Å². The summed E-state index contributed by atoms with van der Waals surface area (Å²) in [6, 6.07) is 4.06. The van der Waals surface area contributed by atoms with E-state index in [9.17, 15) is 14.0 Å². The standard InChI is InChI=1S/C27H27FN2O4/c1-3-25(31)30(16-20-12-13-23-24(14-20)34-17-33-23)26(21-6-4-5-7-22(21)28)27(32)29-15-19-10-8-18(2)9-11-19/h1,5,7-8,10-14,18,26H,4,6,9,15-17H2,2H3,(H,29,32). The van der Waals surface area contributed by atoms with E-state index in [0.29, 0.717) is 35.8 Å². The van der Waals surface area contributed by atoms with Crippen molar-refractivity contribution in [1.82, 2.24) is 10.2 Å². The van der Waals surface area contributed by atoms with Crippen LogP contribution in [0.25, 0.3) is 0 Å². The first-order valence-corrected chi connectivity index (χ1v) is 11.3. The predicted octanol–water partition coefficient (Wildman–Crippen LogP) is 3.96. The van der Waals surface area contributed by atoms with E-state index in [1.54, 1.807) is 24.3 Å². The summed E-state index contributed by atoms with van der Waals surface area (Å²) in [5.41, 5.74) is 1.89. The molecule has 2 aliphatic carbocycles. The smallest absolute Gasteiger partial charge is 0.299 e. The van der Waals surface area contributed by atoms with E-state index in [2.05, 4.69) is 30.3 Å². The predicted molar refractivity (Wildman–Crippen MR) is 126 cm³/mol. The molecule has 0 saturated heterocycles. The summed E-state index contributed by atoms with van der Waals surface area (Å²) in [5.74, 6) is 2.01. The third kappa shape index (κ3) is 5.23. The highest BCUT2D eigenvalue weighted by Gasteiger charge is 2.35. The Balaban J connectivity index is 1.62. The molecular weight excluding hydrogens is 435 g/mol. The number of hydrogen-bond acceptors (Lipinski definition) is 4. The Hall–Kier alpha value is -3.79. The highest BCUT2D eigenvalue weighted by Crippen LogP contribution is 2.34. The van der Waals surface area contributed by atoms with Crippen LogP contribution in [0.1, 0.15) is 31.7 Å². The van der Waals surface area contributed by atoms with E-state index in [-0.39, 0.29) is 25.5 Å². The van der Waals surface area contributed by atoms with Gasteiger partial charge in [-0.3, -0.25) is 9.59 Å². The van der Waals surface area contributed by atoms with Gasteiger partial charge in [0.2, 0.25) is 12.7 Å². The van der Waals surface area contributed by atoms with Gasteiger partial charge in [-0.05, 0) is 66.0 Å². The molecule has 7 heteroatoms. The van der Waals surface area contributed by atoms with Crippen LogP contribution in [0.2, 0.25) is 0 Å². The van der Waals surface area contributed by atoms with Gasteiger partial charge in [0.15, 0.2) is 11.5 Å². The third-order valence-corrected chi connectivity index (χ3v) is 6.07. The number of carbonyl (C=O) groups is 2. The normalized spacial score (nSPS) is 19.3. The van der Waals surface area contributed by atoms with E-state index in [0.717, 1.165) is 12.0 Å². The Morgan fingerprint density at radius 1 is 1.29 bits per heavy atom. The second-order valence-corrected chi connectivity index (χ2v) is 8.55. The monoisotopic (exact) mass is 462 g/mol. The zero-order valence-corrected chi connectivity index (χ0v) is 19.1. The molecule has 3 aliphatic rings. The Bertz CT molecular complexity index is 1140. The summed E-state index contributed by atoms with van der Waals surface area (Å²) in [5, 5.41) is 2.88. The molecule has 0 saturated carbocycles. The van der Waals surface area contributed by atoms with Crippen LogP contribution >= 0.6 is 0 Å². The summed E-state index contributed by atoms with van der Waals surface area (Å²) in [7, 11) is 0. The molecule has 1 heterocycles. The van der Waals surface area contributed by atoms with Gasteiger partial charge in [-0.15, -0.1) is 6.42 Å². The number of terminal acetylenes is 1. The van der Waals surface area contributed by atoms with Gasteiger partial charge in [0.05, 0.1) is 0 Å². The largest absolute Gasteiger partial charge is 0.454 e. The van der Waals surface area contributed by atoms with E-state index < -0.39 is 23.7 Å². The van der Waals surface area contributed by atoms with Gasteiger partial charge in [0, 0.05) is 13.1 Å². The van der Waals surface area contributed by atoms with E-state index in [4.69, 9.17) is 15.9 Å². The number of rotatable bonds is 7. The topological polar surface area (TPSA) is 67.9 Å². The third-order valence-electron chi connectivity index (χ3n) is 6.07. The number of nitrogens with zero attached hydrogens (tertiary/aromatic N) is 1. The highest BCUT2D eigenvalue weighted by atomic mass is 19.1. The minimum absolute atomic E-state index is 0.0123. The van der Waals surface area contributed by atoms with Gasteiger partial charge in [-0.1, -0.05) is 37.3 Å². The molecule has 1 N–H and O–H groups in total. The number of benzene rings is 1. The van der Waals surface area contributed by atoms with Gasteiger partial charge in [-0.2, -0.15) is 0 Å². The number of allylic oxidation sites excluding steroid dienone is 5. The quantitative estimate of drug-likeness (QED) is 0.623. The maximum absolute atomic E-state index is 14.9. The Kier molecular flexibility index (Phi) is 7.17. The molecule has 1 aliphatic heterocycles. The lowest BCUT2D eigenvalue weighted by Gasteiger charge is -2.32. The molecule has 2 atom stereocenters. The van der Waals surface area contributed by atoms with E-state index in [1.807, 2.05) is 6.08 Å². The van der Waals surface area contributed by atoms with Crippen molar-refractivity contribution in [3.63, 3.8) is 0 Å². The SMILES string of the molecule is C#CC(=O)N(Cc1ccc2c(c1)OCO2)C(C(=O)NCC1=CCC(C)C=C1)C1=C(F)C=CCC1. The van der Waals surface area contributed by atoms with Crippen LogP contribution in [0.5, 0.6) is 11.5 Å². The maximum Gasteiger partial charge on any atom is 0.299 e. The lowest BCUT2D eigenvalue weighted by Crippen LogP contribution is -2.50. The van der Waals surface area contributed by atoms with Crippen LogP contribution < -0.4 is 14.8 Å². The molecule has 2 unspecified atom stereocenters. The minimum atomic E-state index is -1.17. The number of halogens is 1. The fourth-order valence-corrected chi connectivity index (χ4v) is 4.20. The van der Waals surface area contributed by atoms with Crippen molar-refractivity contribution < 1.29 is 23.5 Å². The van der Waals surface area contributed by atoms with Crippen molar-refractivity contribution in [3.8, 4) is 23.8 Å². The number of carbonyl (C=O) groups excluding carboxylic acids is 2. The molecule has 1 aromatic carbocycles. The second-order valence-electron chi connectivity index (χ2n) is 8.55. The van der Waals surface area contributed by atoms with Gasteiger partial charge in [0.25, 0.3) is 5.91 Å². The molecule has 0 spiro atoms. The average Bonchev–Trinajstić information content (AvgIpc) is 3.32. The molecule has 34 heavy (non-hydrogen) atoms. The number of nitrogens with one attached hydrogen (secondary N) is 1. The van der Waals surface area contributed by atoms with Crippen molar-refractivity contribution in [2.75, 3.05) is 13.3 Å². The summed E-state index contributed by atoms with van der Waals surface area (Å²) < 4.78 is 25.7.